The van der Waals surface area contributed by atoms with Gasteiger partial charge in [-0.15, -0.1) is 0 Å². The lowest BCUT2D eigenvalue weighted by Gasteiger charge is -2.14. The minimum atomic E-state index is -1.18. The van der Waals surface area contributed by atoms with Crippen molar-refractivity contribution in [2.45, 2.75) is 32.2 Å². The van der Waals surface area contributed by atoms with Crippen LogP contribution in [-0.2, 0) is 4.79 Å². The fraction of sp³-hybridized carbons (Fsp3) is 0.429. The highest BCUT2D eigenvalue weighted by Crippen LogP contribution is 2.18. The average Bonchev–Trinajstić information content (AvgIpc) is 2.38. The van der Waals surface area contributed by atoms with Crippen LogP contribution in [0.4, 0.5) is 10.5 Å². The van der Waals surface area contributed by atoms with Gasteiger partial charge in [0.15, 0.2) is 0 Å². The monoisotopic (exact) mass is 280 g/mol. The third kappa shape index (κ3) is 4.89. The molecule has 0 aliphatic rings. The summed E-state index contributed by atoms with van der Waals surface area (Å²) in [5, 5.41) is 22.5. The number of hydrogen-bond donors (Lipinski definition) is 4. The molecule has 6 nitrogen and oxygen atoms in total. The summed E-state index contributed by atoms with van der Waals surface area (Å²) in [6.07, 6.45) is -0.0329. The Morgan fingerprint density at radius 3 is 2.55 bits per heavy atom. The molecule has 2 amide bonds. The Morgan fingerprint density at radius 2 is 2.00 bits per heavy atom. The van der Waals surface area contributed by atoms with Crippen LogP contribution in [0.5, 0.6) is 0 Å². The highest BCUT2D eigenvalue weighted by molar-refractivity contribution is 5.92. The number of aliphatic carboxylic acids is 1. The van der Waals surface area contributed by atoms with Crippen LogP contribution in [0.1, 0.15) is 31.7 Å². The van der Waals surface area contributed by atoms with Gasteiger partial charge in [0.05, 0.1) is 0 Å². The van der Waals surface area contributed by atoms with Gasteiger partial charge in [0.25, 0.3) is 0 Å². The fourth-order valence-corrected chi connectivity index (χ4v) is 1.69. The van der Waals surface area contributed by atoms with Gasteiger partial charge in [0, 0.05) is 18.7 Å². The van der Waals surface area contributed by atoms with Gasteiger partial charge in [0.1, 0.15) is 6.04 Å². The maximum Gasteiger partial charge on any atom is 0.326 e. The second-order valence-electron chi connectivity index (χ2n) is 4.78. The predicted octanol–water partition coefficient (Wildman–Crippen LogP) is 1.77. The number of carboxylic acids is 1. The minimum Gasteiger partial charge on any atom is -0.480 e. The zero-order valence-electron chi connectivity index (χ0n) is 11.6. The molecule has 0 spiro atoms. The Morgan fingerprint density at radius 1 is 1.30 bits per heavy atom. The second kappa shape index (κ2) is 7.49. The number of aliphatic hydroxyl groups excluding tert-OH is 1. The van der Waals surface area contributed by atoms with E-state index >= 15 is 0 Å². The minimum absolute atomic E-state index is 0.0329. The first-order chi connectivity index (χ1) is 9.43. The molecule has 0 unspecified atom stereocenters. The Kier molecular flexibility index (Phi) is 5.99. The van der Waals surface area contributed by atoms with Crippen LogP contribution >= 0.6 is 0 Å². The van der Waals surface area contributed by atoms with Gasteiger partial charge < -0.3 is 20.8 Å². The zero-order chi connectivity index (χ0) is 15.1. The standard InChI is InChI=1S/C14H20N2O4/c1-9(2)10-4-3-5-11(8-10)15-14(20)16-12(6-7-17)13(18)19/h3-5,8-9,12,17H,6-7H2,1-2H3,(H,18,19)(H2,15,16,20)/t12-/m0/s1. The lowest BCUT2D eigenvalue weighted by atomic mass is 10.0. The van der Waals surface area contributed by atoms with Crippen LogP contribution in [0.25, 0.3) is 0 Å². The van der Waals surface area contributed by atoms with Gasteiger partial charge in [0.2, 0.25) is 0 Å². The SMILES string of the molecule is CC(C)c1cccc(NC(=O)N[C@@H](CCO)C(=O)O)c1. The van der Waals surface area contributed by atoms with E-state index in [9.17, 15) is 9.59 Å². The molecular formula is C14H20N2O4. The van der Waals surface area contributed by atoms with Crippen LogP contribution in [0.3, 0.4) is 0 Å². The van der Waals surface area contributed by atoms with Gasteiger partial charge in [-0.05, 0) is 23.6 Å². The molecular weight excluding hydrogens is 260 g/mol. The van der Waals surface area contributed by atoms with E-state index in [0.717, 1.165) is 5.56 Å². The third-order valence-corrected chi connectivity index (χ3v) is 2.83. The fourth-order valence-electron chi connectivity index (χ4n) is 1.69. The topological polar surface area (TPSA) is 98.7 Å². The van der Waals surface area contributed by atoms with Gasteiger partial charge in [-0.1, -0.05) is 26.0 Å². The number of aliphatic hydroxyl groups is 1. The van der Waals surface area contributed by atoms with Crippen molar-refractivity contribution >= 4 is 17.7 Å². The number of anilines is 1. The van der Waals surface area contributed by atoms with Gasteiger partial charge in [-0.2, -0.15) is 0 Å². The molecule has 1 rings (SSSR count). The van der Waals surface area contributed by atoms with Crippen LogP contribution in [0, 0.1) is 0 Å². The third-order valence-electron chi connectivity index (χ3n) is 2.83. The summed E-state index contributed by atoms with van der Waals surface area (Å²) < 4.78 is 0. The molecule has 0 aliphatic heterocycles. The van der Waals surface area contributed by atoms with Gasteiger partial charge in [-0.25, -0.2) is 9.59 Å². The summed E-state index contributed by atoms with van der Waals surface area (Å²) in [4.78, 5) is 22.6. The largest absolute Gasteiger partial charge is 0.480 e. The number of carboxylic acid groups (broad SMARTS) is 1. The van der Waals surface area contributed by atoms with Crippen LogP contribution in [0.15, 0.2) is 24.3 Å². The van der Waals surface area contributed by atoms with Crippen LogP contribution in [-0.4, -0.2) is 34.9 Å². The van der Waals surface area contributed by atoms with E-state index in [1.807, 2.05) is 32.0 Å². The van der Waals surface area contributed by atoms with Gasteiger partial charge in [-0.3, -0.25) is 0 Å². The van der Waals surface area contributed by atoms with E-state index in [4.69, 9.17) is 10.2 Å². The molecule has 4 N–H and O–H groups in total. The van der Waals surface area contributed by atoms with Crippen molar-refractivity contribution in [3.63, 3.8) is 0 Å². The molecule has 1 aromatic rings. The van der Waals surface area contributed by atoms with E-state index in [1.165, 1.54) is 0 Å². The summed E-state index contributed by atoms with van der Waals surface area (Å²) in [6.45, 7) is 3.78. The number of urea groups is 1. The smallest absolute Gasteiger partial charge is 0.326 e. The Balaban J connectivity index is 2.65. The highest BCUT2D eigenvalue weighted by Gasteiger charge is 2.19. The molecule has 1 atom stereocenters. The molecule has 0 radical (unpaired) electrons. The molecule has 0 saturated heterocycles. The van der Waals surface area contributed by atoms with Crippen molar-refractivity contribution in [1.29, 1.82) is 0 Å². The first kappa shape index (κ1) is 16.0. The number of hydrogen-bond acceptors (Lipinski definition) is 3. The molecule has 20 heavy (non-hydrogen) atoms. The Labute approximate surface area is 117 Å². The van der Waals surface area contributed by atoms with Crippen LogP contribution < -0.4 is 10.6 Å². The van der Waals surface area contributed by atoms with Crippen molar-refractivity contribution in [3.05, 3.63) is 29.8 Å². The number of carbonyl (C=O) groups excluding carboxylic acids is 1. The molecule has 0 fully saturated rings. The quantitative estimate of drug-likeness (QED) is 0.638. The van der Waals surface area contributed by atoms with E-state index in [0.29, 0.717) is 11.6 Å². The Hall–Kier alpha value is -2.08. The highest BCUT2D eigenvalue weighted by atomic mass is 16.4. The summed E-state index contributed by atoms with van der Waals surface area (Å²) in [5.74, 6) is -0.842. The summed E-state index contributed by atoms with van der Waals surface area (Å²) in [7, 11) is 0. The molecule has 0 saturated carbocycles. The second-order valence-corrected chi connectivity index (χ2v) is 4.78. The summed E-state index contributed by atoms with van der Waals surface area (Å²) in [6, 6.07) is 5.65. The molecule has 0 aliphatic carbocycles. The van der Waals surface area contributed by atoms with Crippen molar-refractivity contribution in [2.75, 3.05) is 11.9 Å². The first-order valence-corrected chi connectivity index (χ1v) is 6.45. The Bertz CT molecular complexity index is 474. The molecule has 1 aromatic carbocycles. The van der Waals surface area contributed by atoms with E-state index in [-0.39, 0.29) is 13.0 Å². The van der Waals surface area contributed by atoms with Crippen molar-refractivity contribution in [2.24, 2.45) is 0 Å². The number of nitrogens with one attached hydrogen (secondary N) is 2. The number of carbonyl (C=O) groups is 2. The summed E-state index contributed by atoms with van der Waals surface area (Å²) >= 11 is 0. The van der Waals surface area contributed by atoms with Crippen LogP contribution in [0.2, 0.25) is 0 Å². The number of benzene rings is 1. The lowest BCUT2D eigenvalue weighted by molar-refractivity contribution is -0.139. The molecule has 0 aromatic heterocycles. The van der Waals surface area contributed by atoms with Gasteiger partial charge >= 0.3 is 12.0 Å². The van der Waals surface area contributed by atoms with Crippen molar-refractivity contribution in [3.8, 4) is 0 Å². The van der Waals surface area contributed by atoms with Crippen molar-refractivity contribution < 1.29 is 19.8 Å². The number of amides is 2. The molecule has 6 heteroatoms. The van der Waals surface area contributed by atoms with E-state index < -0.39 is 18.0 Å². The lowest BCUT2D eigenvalue weighted by Crippen LogP contribution is -2.43. The first-order valence-electron chi connectivity index (χ1n) is 6.45. The van der Waals surface area contributed by atoms with E-state index in [2.05, 4.69) is 10.6 Å². The molecule has 0 heterocycles. The average molecular weight is 280 g/mol. The maximum atomic E-state index is 11.7. The predicted molar refractivity (Wildman–Crippen MR) is 75.8 cm³/mol. The molecule has 0 bridgehead atoms. The summed E-state index contributed by atoms with van der Waals surface area (Å²) in [5.41, 5.74) is 1.68. The van der Waals surface area contributed by atoms with E-state index in [1.54, 1.807) is 6.07 Å². The van der Waals surface area contributed by atoms with Crippen molar-refractivity contribution in [1.82, 2.24) is 5.32 Å². The normalized spacial score (nSPS) is 12.0. The number of rotatable bonds is 6. The molecule has 110 valence electrons. The zero-order valence-corrected chi connectivity index (χ0v) is 11.6. The maximum absolute atomic E-state index is 11.7.